The molecule has 0 saturated carbocycles. The van der Waals surface area contributed by atoms with Crippen LogP contribution in [0.15, 0.2) is 12.1 Å². The number of rotatable bonds is 3. The third-order valence-electron chi connectivity index (χ3n) is 2.32. The molecular formula is C12H15FO2. The first-order valence-corrected chi connectivity index (χ1v) is 4.85. The maximum atomic E-state index is 13.4. The van der Waals surface area contributed by atoms with Crippen LogP contribution in [-0.4, -0.2) is 12.9 Å². The van der Waals surface area contributed by atoms with E-state index in [0.717, 1.165) is 5.56 Å². The molecule has 2 nitrogen and oxygen atoms in total. The standard InChI is InChI=1S/C12H15FO2/c1-7(2)9-5-10(8(3)14)11(13)6-12(9)15-4/h5-7H,1-4H3. The van der Waals surface area contributed by atoms with Gasteiger partial charge < -0.3 is 4.74 Å². The second kappa shape index (κ2) is 4.43. The minimum absolute atomic E-state index is 0.125. The van der Waals surface area contributed by atoms with Gasteiger partial charge in [-0.15, -0.1) is 0 Å². The van der Waals surface area contributed by atoms with E-state index in [4.69, 9.17) is 4.74 Å². The lowest BCUT2D eigenvalue weighted by Crippen LogP contribution is -2.02. The summed E-state index contributed by atoms with van der Waals surface area (Å²) in [5.74, 6) is -0.105. The van der Waals surface area contributed by atoms with Crippen LogP contribution in [0.3, 0.4) is 0 Å². The largest absolute Gasteiger partial charge is 0.496 e. The second-order valence-corrected chi connectivity index (χ2v) is 3.78. The molecule has 0 atom stereocenters. The van der Waals surface area contributed by atoms with Crippen molar-refractivity contribution in [3.05, 3.63) is 29.1 Å². The molecule has 0 spiro atoms. The molecule has 0 aliphatic rings. The summed E-state index contributed by atoms with van der Waals surface area (Å²) in [4.78, 5) is 11.2. The Morgan fingerprint density at radius 2 is 2.00 bits per heavy atom. The van der Waals surface area contributed by atoms with Gasteiger partial charge in [-0.1, -0.05) is 13.8 Å². The van der Waals surface area contributed by atoms with Crippen LogP contribution in [-0.2, 0) is 0 Å². The number of carbonyl (C=O) groups excluding carboxylic acids is 1. The highest BCUT2D eigenvalue weighted by Gasteiger charge is 2.15. The van der Waals surface area contributed by atoms with Gasteiger partial charge in [0, 0.05) is 6.07 Å². The highest BCUT2D eigenvalue weighted by Crippen LogP contribution is 2.29. The van der Waals surface area contributed by atoms with Gasteiger partial charge in [-0.05, 0) is 24.5 Å². The number of benzene rings is 1. The number of ether oxygens (including phenoxy) is 1. The van der Waals surface area contributed by atoms with Gasteiger partial charge in [-0.3, -0.25) is 4.79 Å². The Labute approximate surface area is 89.1 Å². The monoisotopic (exact) mass is 210 g/mol. The molecule has 1 aromatic carbocycles. The molecule has 0 radical (unpaired) electrons. The van der Waals surface area contributed by atoms with Crippen molar-refractivity contribution in [3.8, 4) is 5.75 Å². The summed E-state index contributed by atoms with van der Waals surface area (Å²) < 4.78 is 18.5. The summed E-state index contributed by atoms with van der Waals surface area (Å²) in [5, 5.41) is 0. The van der Waals surface area contributed by atoms with Crippen molar-refractivity contribution in [2.24, 2.45) is 0 Å². The average molecular weight is 210 g/mol. The molecule has 0 aromatic heterocycles. The third-order valence-corrected chi connectivity index (χ3v) is 2.32. The van der Waals surface area contributed by atoms with Crippen molar-refractivity contribution < 1.29 is 13.9 Å². The average Bonchev–Trinajstić information content (AvgIpc) is 2.16. The molecule has 0 fully saturated rings. The number of hydrogen-bond acceptors (Lipinski definition) is 2. The van der Waals surface area contributed by atoms with Crippen molar-refractivity contribution in [1.82, 2.24) is 0 Å². The van der Waals surface area contributed by atoms with Crippen LogP contribution < -0.4 is 4.74 Å². The van der Waals surface area contributed by atoms with E-state index >= 15 is 0 Å². The van der Waals surface area contributed by atoms with Gasteiger partial charge in [-0.25, -0.2) is 4.39 Å². The molecular weight excluding hydrogens is 195 g/mol. The van der Waals surface area contributed by atoms with E-state index in [0.29, 0.717) is 5.75 Å². The molecule has 0 unspecified atom stereocenters. The summed E-state index contributed by atoms with van der Waals surface area (Å²) in [6.07, 6.45) is 0. The van der Waals surface area contributed by atoms with E-state index in [2.05, 4.69) is 0 Å². The third kappa shape index (κ3) is 2.35. The Kier molecular flexibility index (Phi) is 3.45. The zero-order valence-electron chi connectivity index (χ0n) is 9.43. The van der Waals surface area contributed by atoms with Gasteiger partial charge in [0.05, 0.1) is 12.7 Å². The van der Waals surface area contributed by atoms with Gasteiger partial charge in [0.2, 0.25) is 0 Å². The molecule has 0 heterocycles. The van der Waals surface area contributed by atoms with Crippen molar-refractivity contribution in [2.75, 3.05) is 7.11 Å². The van der Waals surface area contributed by atoms with Gasteiger partial charge in [0.1, 0.15) is 11.6 Å². The summed E-state index contributed by atoms with van der Waals surface area (Å²) in [5.41, 5.74) is 0.976. The van der Waals surface area contributed by atoms with E-state index in [1.54, 1.807) is 6.07 Å². The van der Waals surface area contributed by atoms with Crippen molar-refractivity contribution in [2.45, 2.75) is 26.7 Å². The molecule has 3 heteroatoms. The van der Waals surface area contributed by atoms with Crippen LogP contribution in [0.1, 0.15) is 42.6 Å². The SMILES string of the molecule is COc1cc(F)c(C(C)=O)cc1C(C)C. The molecule has 15 heavy (non-hydrogen) atoms. The fraction of sp³-hybridized carbons (Fsp3) is 0.417. The maximum absolute atomic E-state index is 13.4. The van der Waals surface area contributed by atoms with E-state index in [1.807, 2.05) is 13.8 Å². The number of Topliss-reactive ketones (excluding diaryl/α,β-unsaturated/α-hetero) is 1. The lowest BCUT2D eigenvalue weighted by molar-refractivity contribution is 0.101. The van der Waals surface area contributed by atoms with Gasteiger partial charge in [0.25, 0.3) is 0 Å². The molecule has 0 N–H and O–H groups in total. The van der Waals surface area contributed by atoms with Gasteiger partial charge >= 0.3 is 0 Å². The second-order valence-electron chi connectivity index (χ2n) is 3.78. The molecule has 0 saturated heterocycles. The Morgan fingerprint density at radius 1 is 1.40 bits per heavy atom. The van der Waals surface area contributed by atoms with Crippen molar-refractivity contribution >= 4 is 5.78 Å². The zero-order valence-corrected chi connectivity index (χ0v) is 9.43. The minimum Gasteiger partial charge on any atom is -0.496 e. The Bertz CT molecular complexity index is 383. The molecule has 1 aromatic rings. The fourth-order valence-corrected chi connectivity index (χ4v) is 1.47. The fourth-order valence-electron chi connectivity index (χ4n) is 1.47. The predicted octanol–water partition coefficient (Wildman–Crippen LogP) is 3.16. The maximum Gasteiger partial charge on any atom is 0.162 e. The lowest BCUT2D eigenvalue weighted by Gasteiger charge is -2.13. The van der Waals surface area contributed by atoms with E-state index in [1.165, 1.54) is 20.1 Å². The first-order chi connectivity index (χ1) is 6.97. The minimum atomic E-state index is -0.524. The van der Waals surface area contributed by atoms with Gasteiger partial charge in [-0.2, -0.15) is 0 Å². The quantitative estimate of drug-likeness (QED) is 0.716. The van der Waals surface area contributed by atoms with Gasteiger partial charge in [0.15, 0.2) is 5.78 Å². The van der Waals surface area contributed by atoms with E-state index in [-0.39, 0.29) is 17.3 Å². The first-order valence-electron chi connectivity index (χ1n) is 4.85. The predicted molar refractivity (Wildman–Crippen MR) is 57.0 cm³/mol. The number of methoxy groups -OCH3 is 1. The van der Waals surface area contributed by atoms with Crippen molar-refractivity contribution in [1.29, 1.82) is 0 Å². The smallest absolute Gasteiger partial charge is 0.162 e. The van der Waals surface area contributed by atoms with E-state index < -0.39 is 5.82 Å². The normalized spacial score (nSPS) is 10.5. The van der Waals surface area contributed by atoms with Crippen molar-refractivity contribution in [3.63, 3.8) is 0 Å². The summed E-state index contributed by atoms with van der Waals surface area (Å²) in [6.45, 7) is 5.30. The summed E-state index contributed by atoms with van der Waals surface area (Å²) in [7, 11) is 1.49. The topological polar surface area (TPSA) is 26.3 Å². The van der Waals surface area contributed by atoms with Crippen LogP contribution in [0.2, 0.25) is 0 Å². The number of carbonyl (C=O) groups is 1. The highest BCUT2D eigenvalue weighted by atomic mass is 19.1. The Balaban J connectivity index is 3.37. The summed E-state index contributed by atoms with van der Waals surface area (Å²) >= 11 is 0. The molecule has 0 amide bonds. The highest BCUT2D eigenvalue weighted by molar-refractivity contribution is 5.94. The molecule has 0 bridgehead atoms. The van der Waals surface area contributed by atoms with Crippen LogP contribution in [0, 0.1) is 5.82 Å². The molecule has 0 aliphatic carbocycles. The molecule has 82 valence electrons. The van der Waals surface area contributed by atoms with Crippen LogP contribution in [0.25, 0.3) is 0 Å². The zero-order chi connectivity index (χ0) is 11.6. The van der Waals surface area contributed by atoms with E-state index in [9.17, 15) is 9.18 Å². The molecule has 0 aliphatic heterocycles. The Morgan fingerprint density at radius 3 is 2.40 bits per heavy atom. The number of hydrogen-bond donors (Lipinski definition) is 0. The van der Waals surface area contributed by atoms with Crippen LogP contribution in [0.4, 0.5) is 4.39 Å². The molecule has 1 rings (SSSR count). The summed E-state index contributed by atoms with van der Waals surface area (Å²) in [6, 6.07) is 2.84. The van der Waals surface area contributed by atoms with Crippen LogP contribution >= 0.6 is 0 Å². The van der Waals surface area contributed by atoms with Crippen LogP contribution in [0.5, 0.6) is 5.75 Å². The number of halogens is 1. The number of ketones is 1. The Hall–Kier alpha value is -1.38. The lowest BCUT2D eigenvalue weighted by atomic mass is 9.98. The first kappa shape index (κ1) is 11.7.